The molecule has 0 unspecified atom stereocenters. The van der Waals surface area contributed by atoms with Crippen LogP contribution in [0.5, 0.6) is 0 Å². The Hall–Kier alpha value is -3.66. The SMILES string of the molecule is Cc1ccc([N+](=O)[O-])cc1NC(=S)NC(=O)/C=C/c1cccc([N+](=O)[O-])c1. The molecule has 0 radical (unpaired) electrons. The molecular weight excluding hydrogens is 372 g/mol. The molecule has 0 saturated heterocycles. The second-order valence-corrected chi connectivity index (χ2v) is 5.79. The summed E-state index contributed by atoms with van der Waals surface area (Å²) in [6, 6.07) is 10.0. The fraction of sp³-hybridized carbons (Fsp3) is 0.0588. The molecule has 138 valence electrons. The molecule has 0 heterocycles. The highest BCUT2D eigenvalue weighted by Crippen LogP contribution is 2.21. The fourth-order valence-corrected chi connectivity index (χ4v) is 2.29. The molecule has 2 N–H and O–H groups in total. The molecule has 0 spiro atoms. The zero-order valence-electron chi connectivity index (χ0n) is 14.0. The Morgan fingerprint density at radius 3 is 2.41 bits per heavy atom. The minimum atomic E-state index is -0.554. The third-order valence-electron chi connectivity index (χ3n) is 3.43. The Kier molecular flexibility index (Phi) is 6.28. The predicted octanol–water partition coefficient (Wildman–Crippen LogP) is 3.34. The molecule has 0 aliphatic carbocycles. The summed E-state index contributed by atoms with van der Waals surface area (Å²) in [6.07, 6.45) is 2.58. The van der Waals surface area contributed by atoms with E-state index in [1.54, 1.807) is 19.1 Å². The number of nitrogens with one attached hydrogen (secondary N) is 2. The smallest absolute Gasteiger partial charge is 0.271 e. The molecule has 0 aromatic heterocycles. The van der Waals surface area contributed by atoms with E-state index in [1.807, 2.05) is 0 Å². The third kappa shape index (κ3) is 5.68. The quantitative estimate of drug-likeness (QED) is 0.349. The maximum Gasteiger partial charge on any atom is 0.271 e. The Morgan fingerprint density at radius 2 is 1.74 bits per heavy atom. The van der Waals surface area contributed by atoms with Gasteiger partial charge in [0.1, 0.15) is 0 Å². The van der Waals surface area contributed by atoms with Gasteiger partial charge in [0.05, 0.1) is 9.85 Å². The zero-order valence-corrected chi connectivity index (χ0v) is 14.9. The monoisotopic (exact) mass is 386 g/mol. The van der Waals surface area contributed by atoms with Crippen molar-refractivity contribution in [3.8, 4) is 0 Å². The van der Waals surface area contributed by atoms with Gasteiger partial charge in [-0.1, -0.05) is 18.2 Å². The minimum absolute atomic E-state index is 0.0349. The number of nitro groups is 2. The van der Waals surface area contributed by atoms with Gasteiger partial charge in [0.25, 0.3) is 11.4 Å². The van der Waals surface area contributed by atoms with Gasteiger partial charge in [-0.05, 0) is 36.3 Å². The van der Waals surface area contributed by atoms with Gasteiger partial charge in [0.2, 0.25) is 5.91 Å². The summed E-state index contributed by atoms with van der Waals surface area (Å²) in [5, 5.41) is 26.7. The average molecular weight is 386 g/mol. The van der Waals surface area contributed by atoms with Gasteiger partial charge in [-0.3, -0.25) is 30.3 Å². The first-order valence-electron chi connectivity index (χ1n) is 7.56. The predicted molar refractivity (Wildman–Crippen MR) is 104 cm³/mol. The summed E-state index contributed by atoms with van der Waals surface area (Å²) >= 11 is 5.03. The highest BCUT2D eigenvalue weighted by Gasteiger charge is 2.10. The topological polar surface area (TPSA) is 127 Å². The van der Waals surface area contributed by atoms with Crippen LogP contribution in [-0.4, -0.2) is 20.9 Å². The van der Waals surface area contributed by atoms with Gasteiger partial charge in [-0.25, -0.2) is 0 Å². The van der Waals surface area contributed by atoms with Gasteiger partial charge < -0.3 is 5.32 Å². The van der Waals surface area contributed by atoms with Crippen molar-refractivity contribution in [1.82, 2.24) is 5.32 Å². The van der Waals surface area contributed by atoms with E-state index in [0.717, 1.165) is 0 Å². The number of hydrogen-bond acceptors (Lipinski definition) is 6. The normalized spacial score (nSPS) is 10.4. The number of aryl methyl sites for hydroxylation is 1. The first-order chi connectivity index (χ1) is 12.8. The van der Waals surface area contributed by atoms with Crippen LogP contribution in [0.15, 0.2) is 48.5 Å². The Labute approximate surface area is 159 Å². The highest BCUT2D eigenvalue weighted by atomic mass is 32.1. The van der Waals surface area contributed by atoms with Gasteiger partial charge in [0.15, 0.2) is 5.11 Å². The van der Waals surface area contributed by atoms with Crippen molar-refractivity contribution in [2.75, 3.05) is 5.32 Å². The number of rotatable bonds is 5. The standard InChI is InChI=1S/C17H14N4O5S/c1-11-5-7-14(21(25)26)10-15(11)18-17(27)19-16(22)8-6-12-3-2-4-13(9-12)20(23)24/h2-10H,1H3,(H2,18,19,22,27)/b8-6+. The third-order valence-corrected chi connectivity index (χ3v) is 3.63. The maximum absolute atomic E-state index is 11.9. The molecule has 0 atom stereocenters. The Morgan fingerprint density at radius 1 is 1.07 bits per heavy atom. The van der Waals surface area contributed by atoms with Crippen molar-refractivity contribution < 1.29 is 14.6 Å². The number of carbonyl (C=O) groups excluding carboxylic acids is 1. The number of hydrogen-bond donors (Lipinski definition) is 2. The van der Waals surface area contributed by atoms with Crippen molar-refractivity contribution in [3.05, 3.63) is 79.9 Å². The number of nitrogens with zero attached hydrogens (tertiary/aromatic N) is 2. The zero-order chi connectivity index (χ0) is 20.0. The Balaban J connectivity index is 2.01. The van der Waals surface area contributed by atoms with E-state index in [-0.39, 0.29) is 16.5 Å². The number of anilines is 1. The first kappa shape index (κ1) is 19.7. The molecule has 2 rings (SSSR count). The fourth-order valence-electron chi connectivity index (χ4n) is 2.08. The van der Waals surface area contributed by atoms with E-state index in [2.05, 4.69) is 10.6 Å². The summed E-state index contributed by atoms with van der Waals surface area (Å²) < 4.78 is 0. The van der Waals surface area contributed by atoms with Crippen LogP contribution < -0.4 is 10.6 Å². The average Bonchev–Trinajstić information content (AvgIpc) is 2.61. The number of non-ortho nitro benzene ring substituents is 2. The highest BCUT2D eigenvalue weighted by molar-refractivity contribution is 7.80. The molecule has 27 heavy (non-hydrogen) atoms. The molecule has 10 heteroatoms. The lowest BCUT2D eigenvalue weighted by Crippen LogP contribution is -2.33. The molecular formula is C17H14N4O5S. The van der Waals surface area contributed by atoms with Gasteiger partial charge >= 0.3 is 0 Å². The van der Waals surface area contributed by atoms with Crippen molar-refractivity contribution in [1.29, 1.82) is 0 Å². The first-order valence-corrected chi connectivity index (χ1v) is 7.96. The van der Waals surface area contributed by atoms with Gasteiger partial charge in [-0.2, -0.15) is 0 Å². The molecule has 0 aliphatic heterocycles. The van der Waals surface area contributed by atoms with Crippen LogP contribution in [0.3, 0.4) is 0 Å². The number of thiocarbonyl (C=S) groups is 1. The lowest BCUT2D eigenvalue weighted by Gasteiger charge is -2.10. The van der Waals surface area contributed by atoms with Crippen molar-refractivity contribution >= 4 is 46.4 Å². The van der Waals surface area contributed by atoms with Crippen LogP contribution in [0.1, 0.15) is 11.1 Å². The number of nitro benzene ring substituents is 2. The van der Waals surface area contributed by atoms with E-state index in [4.69, 9.17) is 12.2 Å². The van der Waals surface area contributed by atoms with Crippen LogP contribution in [0.4, 0.5) is 17.1 Å². The minimum Gasteiger partial charge on any atom is -0.332 e. The van der Waals surface area contributed by atoms with Crippen LogP contribution in [0.25, 0.3) is 6.08 Å². The van der Waals surface area contributed by atoms with Crippen LogP contribution in [-0.2, 0) is 4.79 Å². The molecule has 2 aromatic rings. The number of amides is 1. The van der Waals surface area contributed by atoms with E-state index in [9.17, 15) is 25.0 Å². The van der Waals surface area contributed by atoms with E-state index in [0.29, 0.717) is 16.8 Å². The van der Waals surface area contributed by atoms with E-state index < -0.39 is 15.8 Å². The summed E-state index contributed by atoms with van der Waals surface area (Å²) in [4.78, 5) is 32.4. The molecule has 2 aromatic carbocycles. The van der Waals surface area contributed by atoms with Crippen molar-refractivity contribution in [2.24, 2.45) is 0 Å². The van der Waals surface area contributed by atoms with E-state index in [1.165, 1.54) is 42.5 Å². The second-order valence-electron chi connectivity index (χ2n) is 5.39. The van der Waals surface area contributed by atoms with Crippen LogP contribution >= 0.6 is 12.2 Å². The molecule has 0 fully saturated rings. The molecule has 1 amide bonds. The number of carbonyl (C=O) groups is 1. The van der Waals surface area contributed by atoms with Crippen molar-refractivity contribution in [3.63, 3.8) is 0 Å². The maximum atomic E-state index is 11.9. The summed E-state index contributed by atoms with van der Waals surface area (Å²) in [5.41, 5.74) is 1.40. The molecule has 0 saturated carbocycles. The molecule has 0 bridgehead atoms. The van der Waals surface area contributed by atoms with Crippen LogP contribution in [0, 0.1) is 27.2 Å². The summed E-state index contributed by atoms with van der Waals surface area (Å²) in [7, 11) is 0. The largest absolute Gasteiger partial charge is 0.332 e. The van der Waals surface area contributed by atoms with Crippen molar-refractivity contribution in [2.45, 2.75) is 6.92 Å². The lowest BCUT2D eigenvalue weighted by atomic mass is 10.2. The Bertz CT molecular complexity index is 958. The molecule has 0 aliphatic rings. The summed E-state index contributed by atoms with van der Waals surface area (Å²) in [5.74, 6) is -0.554. The number of benzene rings is 2. The lowest BCUT2D eigenvalue weighted by molar-refractivity contribution is -0.385. The van der Waals surface area contributed by atoms with Gasteiger partial charge in [-0.15, -0.1) is 0 Å². The second kappa shape index (κ2) is 8.63. The summed E-state index contributed by atoms with van der Waals surface area (Å²) in [6.45, 7) is 1.73. The van der Waals surface area contributed by atoms with Gasteiger partial charge in [0, 0.05) is 36.0 Å². The van der Waals surface area contributed by atoms with Crippen LogP contribution in [0.2, 0.25) is 0 Å². The van der Waals surface area contributed by atoms with E-state index >= 15 is 0 Å². The molecule has 9 nitrogen and oxygen atoms in total.